The van der Waals surface area contributed by atoms with Crippen molar-refractivity contribution < 1.29 is 4.79 Å². The molecule has 1 aromatic heterocycles. The van der Waals surface area contributed by atoms with Gasteiger partial charge in [-0.15, -0.1) is 0 Å². The average Bonchev–Trinajstić information content (AvgIpc) is 2.30. The van der Waals surface area contributed by atoms with Crippen molar-refractivity contribution in [3.8, 4) is 0 Å². The van der Waals surface area contributed by atoms with E-state index in [1.165, 1.54) is 10.6 Å². The van der Waals surface area contributed by atoms with Gasteiger partial charge < -0.3 is 15.6 Å². The number of nitrogens with zero attached hydrogens (tertiary/aromatic N) is 1. The Morgan fingerprint density at radius 3 is 2.88 bits per heavy atom. The molecule has 1 rings (SSSR count). The summed E-state index contributed by atoms with van der Waals surface area (Å²) in [6.07, 6.45) is 4.18. The van der Waals surface area contributed by atoms with E-state index >= 15 is 0 Å². The summed E-state index contributed by atoms with van der Waals surface area (Å²) >= 11 is 1.65. The van der Waals surface area contributed by atoms with Crippen LogP contribution in [-0.2, 0) is 11.8 Å². The van der Waals surface area contributed by atoms with Crippen molar-refractivity contribution >= 4 is 23.4 Å². The maximum Gasteiger partial charge on any atom is 0.250 e. The average molecular weight is 255 g/mol. The molecule has 3 N–H and O–H groups in total. The van der Waals surface area contributed by atoms with Crippen LogP contribution in [0.3, 0.4) is 0 Å². The first-order chi connectivity index (χ1) is 8.04. The lowest BCUT2D eigenvalue weighted by molar-refractivity contribution is -0.117. The van der Waals surface area contributed by atoms with Crippen LogP contribution in [0.25, 0.3) is 0 Å². The molecule has 0 radical (unpaired) electrons. The topological polar surface area (TPSA) is 77.1 Å². The summed E-state index contributed by atoms with van der Waals surface area (Å²) in [7, 11) is 1.63. The van der Waals surface area contributed by atoms with E-state index in [1.807, 2.05) is 6.26 Å². The number of hydrogen-bond acceptors (Lipinski definition) is 4. The SMILES string of the molecule is CSCC[C@H](N)C(=O)Nc1ccc(=O)n(C)c1. The van der Waals surface area contributed by atoms with Gasteiger partial charge in [-0.25, -0.2) is 0 Å². The van der Waals surface area contributed by atoms with E-state index in [4.69, 9.17) is 5.73 Å². The molecule has 94 valence electrons. The van der Waals surface area contributed by atoms with Crippen LogP contribution in [0.5, 0.6) is 0 Å². The van der Waals surface area contributed by atoms with Crippen LogP contribution in [-0.4, -0.2) is 28.5 Å². The van der Waals surface area contributed by atoms with Gasteiger partial charge in [-0.05, 0) is 24.5 Å². The van der Waals surface area contributed by atoms with Gasteiger partial charge in [0.05, 0.1) is 11.7 Å². The number of hydrogen-bond donors (Lipinski definition) is 2. The third-order valence-electron chi connectivity index (χ3n) is 2.32. The Labute approximate surface area is 104 Å². The van der Waals surface area contributed by atoms with Gasteiger partial charge in [0.2, 0.25) is 11.5 Å². The Hall–Kier alpha value is -1.27. The molecule has 1 amide bonds. The van der Waals surface area contributed by atoms with Crippen LogP contribution in [0.15, 0.2) is 23.1 Å². The van der Waals surface area contributed by atoms with Crippen LogP contribution >= 0.6 is 11.8 Å². The largest absolute Gasteiger partial charge is 0.323 e. The molecular weight excluding hydrogens is 238 g/mol. The highest BCUT2D eigenvalue weighted by Crippen LogP contribution is 2.05. The highest BCUT2D eigenvalue weighted by Gasteiger charge is 2.12. The summed E-state index contributed by atoms with van der Waals surface area (Å²) in [5, 5.41) is 2.69. The number of pyridine rings is 1. The molecule has 5 nitrogen and oxygen atoms in total. The number of amides is 1. The second-order valence-corrected chi connectivity index (χ2v) is 4.73. The second kappa shape index (κ2) is 6.46. The lowest BCUT2D eigenvalue weighted by Gasteiger charge is -2.11. The van der Waals surface area contributed by atoms with Crippen LogP contribution in [0.4, 0.5) is 5.69 Å². The summed E-state index contributed by atoms with van der Waals surface area (Å²) in [4.78, 5) is 22.8. The van der Waals surface area contributed by atoms with E-state index in [0.29, 0.717) is 12.1 Å². The lowest BCUT2D eigenvalue weighted by atomic mass is 10.2. The summed E-state index contributed by atoms with van der Waals surface area (Å²) < 4.78 is 1.41. The summed E-state index contributed by atoms with van der Waals surface area (Å²) in [6.45, 7) is 0. The van der Waals surface area contributed by atoms with Crippen LogP contribution in [0.1, 0.15) is 6.42 Å². The number of rotatable bonds is 5. The minimum atomic E-state index is -0.514. The molecular formula is C11H17N3O2S. The Morgan fingerprint density at radius 2 is 2.29 bits per heavy atom. The van der Waals surface area contributed by atoms with Crippen molar-refractivity contribution in [1.82, 2.24) is 4.57 Å². The first kappa shape index (κ1) is 13.8. The lowest BCUT2D eigenvalue weighted by Crippen LogP contribution is -2.36. The third kappa shape index (κ3) is 4.24. The molecule has 0 bridgehead atoms. The Balaban J connectivity index is 2.61. The molecule has 1 aromatic rings. The molecule has 1 atom stereocenters. The fraction of sp³-hybridized carbons (Fsp3) is 0.455. The minimum Gasteiger partial charge on any atom is -0.323 e. The minimum absolute atomic E-state index is 0.116. The fourth-order valence-electron chi connectivity index (χ4n) is 1.28. The number of aromatic nitrogens is 1. The number of nitrogens with two attached hydrogens (primary N) is 1. The standard InChI is InChI=1S/C11H17N3O2S/c1-14-7-8(3-4-10(14)15)13-11(16)9(12)5-6-17-2/h3-4,7,9H,5-6,12H2,1-2H3,(H,13,16)/t9-/m0/s1. The van der Waals surface area contributed by atoms with Gasteiger partial charge in [0, 0.05) is 19.3 Å². The van der Waals surface area contributed by atoms with Gasteiger partial charge in [0.15, 0.2) is 0 Å². The highest BCUT2D eigenvalue weighted by molar-refractivity contribution is 7.98. The van der Waals surface area contributed by atoms with E-state index in [9.17, 15) is 9.59 Å². The predicted molar refractivity (Wildman–Crippen MR) is 71.3 cm³/mol. The van der Waals surface area contributed by atoms with Gasteiger partial charge in [-0.3, -0.25) is 9.59 Å². The summed E-state index contributed by atoms with van der Waals surface area (Å²) in [5.41, 5.74) is 6.19. The molecule has 0 fully saturated rings. The molecule has 0 spiro atoms. The van der Waals surface area contributed by atoms with Gasteiger partial charge in [0.25, 0.3) is 0 Å². The van der Waals surface area contributed by atoms with Gasteiger partial charge in [-0.2, -0.15) is 11.8 Å². The van der Waals surface area contributed by atoms with Crippen molar-refractivity contribution in [3.05, 3.63) is 28.7 Å². The number of carbonyl (C=O) groups excluding carboxylic acids is 1. The van der Waals surface area contributed by atoms with E-state index in [2.05, 4.69) is 5.32 Å². The third-order valence-corrected chi connectivity index (χ3v) is 2.97. The van der Waals surface area contributed by atoms with Crippen LogP contribution in [0, 0.1) is 0 Å². The van der Waals surface area contributed by atoms with Crippen molar-refractivity contribution in [1.29, 1.82) is 0 Å². The second-order valence-electron chi connectivity index (χ2n) is 3.74. The van der Waals surface area contributed by atoms with E-state index in [1.54, 1.807) is 31.1 Å². The number of nitrogens with one attached hydrogen (secondary N) is 1. The molecule has 0 unspecified atom stereocenters. The van der Waals surface area contributed by atoms with Crippen molar-refractivity contribution in [2.24, 2.45) is 12.8 Å². The summed E-state index contributed by atoms with van der Waals surface area (Å²) in [5.74, 6) is 0.625. The van der Waals surface area contributed by atoms with E-state index in [-0.39, 0.29) is 11.5 Å². The molecule has 17 heavy (non-hydrogen) atoms. The molecule has 1 heterocycles. The first-order valence-corrected chi connectivity index (χ1v) is 6.66. The predicted octanol–water partition coefficient (Wildman–Crippen LogP) is 0.404. The molecule has 0 aliphatic rings. The van der Waals surface area contributed by atoms with Gasteiger partial charge in [-0.1, -0.05) is 0 Å². The number of thioether (sulfide) groups is 1. The van der Waals surface area contributed by atoms with Gasteiger partial charge >= 0.3 is 0 Å². The van der Waals surface area contributed by atoms with Crippen molar-refractivity contribution in [2.75, 3.05) is 17.3 Å². The van der Waals surface area contributed by atoms with Crippen LogP contribution < -0.4 is 16.6 Å². The molecule has 0 saturated carbocycles. The monoisotopic (exact) mass is 255 g/mol. The van der Waals surface area contributed by atoms with E-state index in [0.717, 1.165) is 5.75 Å². The molecule has 0 aliphatic heterocycles. The van der Waals surface area contributed by atoms with Crippen molar-refractivity contribution in [3.63, 3.8) is 0 Å². The zero-order valence-corrected chi connectivity index (χ0v) is 10.8. The Morgan fingerprint density at radius 1 is 1.59 bits per heavy atom. The zero-order chi connectivity index (χ0) is 12.8. The Kier molecular flexibility index (Phi) is 5.24. The van der Waals surface area contributed by atoms with Gasteiger partial charge in [0.1, 0.15) is 0 Å². The quantitative estimate of drug-likeness (QED) is 0.798. The van der Waals surface area contributed by atoms with Crippen molar-refractivity contribution in [2.45, 2.75) is 12.5 Å². The Bertz CT molecular complexity index is 445. The number of aryl methyl sites for hydroxylation is 1. The maximum absolute atomic E-state index is 11.7. The normalized spacial score (nSPS) is 12.2. The highest BCUT2D eigenvalue weighted by atomic mass is 32.2. The molecule has 0 aromatic carbocycles. The number of anilines is 1. The maximum atomic E-state index is 11.7. The number of carbonyl (C=O) groups is 1. The summed E-state index contributed by atoms with van der Waals surface area (Å²) in [6, 6.07) is 2.46. The molecule has 0 aliphatic carbocycles. The first-order valence-electron chi connectivity index (χ1n) is 5.26. The van der Waals surface area contributed by atoms with Crippen LogP contribution in [0.2, 0.25) is 0 Å². The van der Waals surface area contributed by atoms with E-state index < -0.39 is 6.04 Å². The molecule has 6 heteroatoms. The molecule has 0 saturated heterocycles. The smallest absolute Gasteiger partial charge is 0.250 e. The zero-order valence-electron chi connectivity index (χ0n) is 9.97. The fourth-order valence-corrected chi connectivity index (χ4v) is 1.77.